The van der Waals surface area contributed by atoms with Crippen LogP contribution < -0.4 is 10.6 Å². The number of nitrogens with zero attached hydrogens (tertiary/aromatic N) is 4. The number of alkyl carbamates (subject to hydrolysis) is 1. The Labute approximate surface area is 312 Å². The summed E-state index contributed by atoms with van der Waals surface area (Å²) in [6, 6.07) is 10.4. The number of benzene rings is 2. The summed E-state index contributed by atoms with van der Waals surface area (Å²) in [5, 5.41) is 16.5. The number of hydrogen-bond donors (Lipinski definition) is 6. The van der Waals surface area contributed by atoms with E-state index in [2.05, 4.69) is 60.9 Å². The van der Waals surface area contributed by atoms with Gasteiger partial charge in [0.15, 0.2) is 0 Å². The van der Waals surface area contributed by atoms with Crippen LogP contribution in [0, 0.1) is 11.8 Å². The van der Waals surface area contributed by atoms with Crippen molar-refractivity contribution in [2.75, 3.05) is 20.2 Å². The van der Waals surface area contributed by atoms with Crippen LogP contribution in [-0.4, -0.2) is 96.1 Å². The lowest BCUT2D eigenvalue weighted by Crippen LogP contribution is -2.51. The molecule has 5 heterocycles. The van der Waals surface area contributed by atoms with Crippen LogP contribution in [0.2, 0.25) is 0 Å². The number of methoxy groups -OCH3 is 1. The van der Waals surface area contributed by atoms with Crippen LogP contribution >= 0.6 is 0 Å². The topological polar surface area (TPSA) is 201 Å². The van der Waals surface area contributed by atoms with Crippen molar-refractivity contribution in [3.63, 3.8) is 0 Å². The van der Waals surface area contributed by atoms with Gasteiger partial charge in [0.2, 0.25) is 11.8 Å². The maximum Gasteiger partial charge on any atom is 0.407 e. The van der Waals surface area contributed by atoms with Gasteiger partial charge in [0.05, 0.1) is 43.0 Å². The van der Waals surface area contributed by atoms with Gasteiger partial charge in [-0.1, -0.05) is 52.0 Å². The van der Waals surface area contributed by atoms with Crippen LogP contribution in [-0.2, 0) is 14.3 Å². The van der Waals surface area contributed by atoms with Crippen LogP contribution in [0.3, 0.4) is 0 Å². The Balaban J connectivity index is 1.09. The second-order valence-corrected chi connectivity index (χ2v) is 14.9. The number of amides is 4. The molecular weight excluding hydrogens is 690 g/mol. The first-order valence-electron chi connectivity index (χ1n) is 18.5. The summed E-state index contributed by atoms with van der Waals surface area (Å²) in [7, 11) is 1.29. The van der Waals surface area contributed by atoms with E-state index in [4.69, 9.17) is 9.72 Å². The lowest BCUT2D eigenvalue weighted by atomic mass is 10.0. The zero-order valence-corrected chi connectivity index (χ0v) is 31.1. The maximum atomic E-state index is 13.6. The van der Waals surface area contributed by atoms with E-state index in [1.165, 1.54) is 7.11 Å². The van der Waals surface area contributed by atoms with Crippen LogP contribution in [0.15, 0.2) is 48.8 Å². The molecule has 0 unspecified atom stereocenters. The number of rotatable bonds is 10. The fraction of sp³-hybridized carbons (Fsp3) is 0.436. The Bertz CT molecular complexity index is 2200. The molecule has 15 heteroatoms. The summed E-state index contributed by atoms with van der Waals surface area (Å²) >= 11 is 0. The van der Waals surface area contributed by atoms with E-state index in [-0.39, 0.29) is 35.7 Å². The zero-order chi connectivity index (χ0) is 38.3. The van der Waals surface area contributed by atoms with Crippen molar-refractivity contribution < 1.29 is 29.0 Å². The molecule has 5 aromatic rings. The van der Waals surface area contributed by atoms with Gasteiger partial charge in [-0.05, 0) is 49.7 Å². The van der Waals surface area contributed by atoms with Crippen LogP contribution in [0.4, 0.5) is 9.59 Å². The first-order chi connectivity index (χ1) is 25.9. The van der Waals surface area contributed by atoms with Gasteiger partial charge in [0.1, 0.15) is 23.7 Å². The van der Waals surface area contributed by atoms with E-state index in [1.54, 1.807) is 22.2 Å². The highest BCUT2D eigenvalue weighted by Gasteiger charge is 2.39. The Kier molecular flexibility index (Phi) is 10.1. The van der Waals surface area contributed by atoms with Gasteiger partial charge in [-0.2, -0.15) is 0 Å². The molecule has 2 aromatic carbocycles. The average molecular weight is 738 g/mol. The van der Waals surface area contributed by atoms with Crippen molar-refractivity contribution in [2.24, 2.45) is 11.8 Å². The standard InChI is InChI=1S/C39H47N9O6/c1-20(2)32(45-38(51)52)36(49)47-14-6-8-30(47)34-40-18-28(43-34)22-10-12-24-25-13-11-23(17-27(25)42-26(24)16-22)29-19-41-35(44-29)31-9-7-15-48(31)37(50)33(21(3)4)46-39(53)54-5/h10-13,16-21,30-33,42,45H,6-9,14-15H2,1-5H3,(H,40,43)(H,41,44)(H,46,53)(H,51,52)/t30-,31-,32-,33-/m0/s1. The zero-order valence-electron chi connectivity index (χ0n) is 31.1. The molecule has 2 saturated heterocycles. The van der Waals surface area contributed by atoms with E-state index in [0.29, 0.717) is 24.7 Å². The summed E-state index contributed by atoms with van der Waals surface area (Å²) in [6.07, 6.45) is 4.87. The molecule has 2 aliphatic rings. The molecule has 7 rings (SSSR count). The van der Waals surface area contributed by atoms with Crippen molar-refractivity contribution in [3.8, 4) is 22.5 Å². The summed E-state index contributed by atoms with van der Waals surface area (Å²) < 4.78 is 4.76. The molecule has 0 aliphatic carbocycles. The average Bonchev–Trinajstić information content (AvgIpc) is 4.00. The molecule has 6 N–H and O–H groups in total. The summed E-state index contributed by atoms with van der Waals surface area (Å²) in [4.78, 5) is 73.7. The number of carbonyl (C=O) groups is 4. The number of nitrogens with one attached hydrogen (secondary N) is 5. The molecule has 0 saturated carbocycles. The fourth-order valence-corrected chi connectivity index (χ4v) is 7.88. The molecule has 15 nitrogen and oxygen atoms in total. The van der Waals surface area contributed by atoms with E-state index in [0.717, 1.165) is 70.0 Å². The molecule has 0 radical (unpaired) electrons. The van der Waals surface area contributed by atoms with Gasteiger partial charge < -0.3 is 45.2 Å². The largest absolute Gasteiger partial charge is 0.465 e. The van der Waals surface area contributed by atoms with Gasteiger partial charge in [-0.15, -0.1) is 0 Å². The quantitative estimate of drug-likeness (QED) is 0.0987. The number of likely N-dealkylation sites (tertiary alicyclic amines) is 2. The van der Waals surface area contributed by atoms with Crippen molar-refractivity contribution in [1.29, 1.82) is 0 Å². The second-order valence-electron chi connectivity index (χ2n) is 14.9. The highest BCUT2D eigenvalue weighted by atomic mass is 16.5. The number of aromatic nitrogens is 5. The molecular formula is C39H47N9O6. The second kappa shape index (κ2) is 14.9. The highest BCUT2D eigenvalue weighted by Crippen LogP contribution is 2.36. The first-order valence-corrected chi connectivity index (χ1v) is 18.5. The molecule has 2 fully saturated rings. The van der Waals surface area contributed by atoms with Gasteiger partial charge in [-0.3, -0.25) is 9.59 Å². The van der Waals surface area contributed by atoms with Gasteiger partial charge in [-0.25, -0.2) is 19.6 Å². The van der Waals surface area contributed by atoms with Crippen molar-refractivity contribution >= 4 is 45.8 Å². The third-order valence-corrected chi connectivity index (χ3v) is 10.7. The van der Waals surface area contributed by atoms with Crippen molar-refractivity contribution in [2.45, 2.75) is 77.5 Å². The lowest BCUT2D eigenvalue weighted by Gasteiger charge is -2.30. The van der Waals surface area contributed by atoms with Crippen molar-refractivity contribution in [1.82, 2.24) is 45.4 Å². The number of fused-ring (bicyclic) bond motifs is 3. The molecule has 0 bridgehead atoms. The number of hydrogen-bond acceptors (Lipinski definition) is 7. The normalized spacial score (nSPS) is 18.5. The van der Waals surface area contributed by atoms with Gasteiger partial charge in [0.25, 0.3) is 0 Å². The third-order valence-electron chi connectivity index (χ3n) is 10.7. The smallest absolute Gasteiger partial charge is 0.407 e. The Morgan fingerprint density at radius 1 is 0.741 bits per heavy atom. The first kappa shape index (κ1) is 36.5. The molecule has 2 aliphatic heterocycles. The summed E-state index contributed by atoms with van der Waals surface area (Å²) in [5.74, 6) is 0.686. The molecule has 54 heavy (non-hydrogen) atoms. The predicted molar refractivity (Wildman–Crippen MR) is 202 cm³/mol. The number of carboxylic acid groups (broad SMARTS) is 1. The number of imidazole rings is 2. The molecule has 284 valence electrons. The van der Waals surface area contributed by atoms with Crippen LogP contribution in [0.1, 0.15) is 77.1 Å². The minimum atomic E-state index is -1.22. The highest BCUT2D eigenvalue weighted by molar-refractivity contribution is 6.09. The van der Waals surface area contributed by atoms with E-state index in [9.17, 15) is 24.3 Å². The van der Waals surface area contributed by atoms with Crippen molar-refractivity contribution in [3.05, 3.63) is 60.4 Å². The van der Waals surface area contributed by atoms with Gasteiger partial charge in [0, 0.05) is 46.0 Å². The lowest BCUT2D eigenvalue weighted by molar-refractivity contribution is -0.136. The van der Waals surface area contributed by atoms with Crippen LogP contribution in [0.25, 0.3) is 44.3 Å². The van der Waals surface area contributed by atoms with E-state index >= 15 is 0 Å². The minimum absolute atomic E-state index is 0.116. The predicted octanol–water partition coefficient (Wildman–Crippen LogP) is 6.10. The molecule has 4 amide bonds. The van der Waals surface area contributed by atoms with E-state index < -0.39 is 24.3 Å². The number of H-pyrrole nitrogens is 3. The monoisotopic (exact) mass is 737 g/mol. The van der Waals surface area contributed by atoms with Crippen LogP contribution in [0.5, 0.6) is 0 Å². The van der Waals surface area contributed by atoms with E-state index in [1.807, 2.05) is 33.8 Å². The summed E-state index contributed by atoms with van der Waals surface area (Å²) in [5.41, 5.74) is 5.46. The summed E-state index contributed by atoms with van der Waals surface area (Å²) in [6.45, 7) is 8.57. The number of aromatic amines is 3. The molecule has 0 spiro atoms. The fourth-order valence-electron chi connectivity index (χ4n) is 7.88. The Hall–Kier alpha value is -5.86. The Morgan fingerprint density at radius 3 is 1.63 bits per heavy atom. The SMILES string of the molecule is COC(=O)N[C@H](C(=O)N1CCC[C@H]1c1ncc(-c2ccc3c(c2)[nH]c2cc(-c4cnc([C@@H]5CCCN5C(=O)[C@@H](NC(=O)O)C(C)C)[nH]4)ccc23)[nH]1)C(C)C. The third kappa shape index (κ3) is 6.97. The number of ether oxygens (including phenoxy) is 1. The number of carbonyl (C=O) groups excluding carboxylic acids is 3. The minimum Gasteiger partial charge on any atom is -0.465 e. The van der Waals surface area contributed by atoms with Gasteiger partial charge >= 0.3 is 12.2 Å². The molecule has 3 aromatic heterocycles. The molecule has 4 atom stereocenters. The maximum absolute atomic E-state index is 13.6. The Morgan fingerprint density at radius 2 is 1.20 bits per heavy atom.